The van der Waals surface area contributed by atoms with Gasteiger partial charge in [0.1, 0.15) is 24.7 Å². The molecule has 1 N–H and O–H groups in total. The summed E-state index contributed by atoms with van der Waals surface area (Å²) in [7, 11) is 1.70. The lowest BCUT2D eigenvalue weighted by Gasteiger charge is -2.36. The maximum Gasteiger partial charge on any atom is 0.312 e. The van der Waals surface area contributed by atoms with Crippen LogP contribution in [0.3, 0.4) is 0 Å². The highest BCUT2D eigenvalue weighted by Gasteiger charge is 2.46. The first-order valence-electron chi connectivity index (χ1n) is 20.9. The Morgan fingerprint density at radius 2 is 1.54 bits per heavy atom. The smallest absolute Gasteiger partial charge is 0.312 e. The Morgan fingerprint density at radius 1 is 0.831 bits per heavy atom. The first-order chi connectivity index (χ1) is 28.4. The van der Waals surface area contributed by atoms with Gasteiger partial charge in [0.15, 0.2) is 5.75 Å². The molecule has 2 aliphatic carbocycles. The van der Waals surface area contributed by atoms with Crippen LogP contribution in [-0.2, 0) is 41.6 Å². The quantitative estimate of drug-likeness (QED) is 0.0636. The second-order valence-electron chi connectivity index (χ2n) is 16.3. The molecule has 0 aromatic heterocycles. The fourth-order valence-corrected chi connectivity index (χ4v) is 8.31. The van der Waals surface area contributed by atoms with Crippen LogP contribution in [0.25, 0.3) is 0 Å². The van der Waals surface area contributed by atoms with E-state index in [-0.39, 0.29) is 54.1 Å². The molecule has 3 aliphatic rings. The van der Waals surface area contributed by atoms with Gasteiger partial charge in [-0.15, -0.1) is 0 Å². The maximum absolute atomic E-state index is 14.6. The number of benzene rings is 3. The summed E-state index contributed by atoms with van der Waals surface area (Å²) >= 11 is 12.6. The van der Waals surface area contributed by atoms with Gasteiger partial charge in [-0.3, -0.25) is 14.4 Å². The molecule has 1 amide bonds. The average molecular weight is 854 g/mol. The number of nitrogens with zero attached hydrogens (tertiary/aromatic N) is 1. The largest absolute Gasteiger partial charge is 0.493 e. The summed E-state index contributed by atoms with van der Waals surface area (Å²) in [6.07, 6.45) is 4.19. The molecule has 1 saturated heterocycles. The normalized spacial score (nSPS) is 20.4. The van der Waals surface area contributed by atoms with E-state index in [2.05, 4.69) is 28.4 Å². The molecule has 11 nitrogen and oxygen atoms in total. The maximum atomic E-state index is 14.6. The summed E-state index contributed by atoms with van der Waals surface area (Å²) in [5.41, 5.74) is 4.20. The van der Waals surface area contributed by atoms with Crippen molar-refractivity contribution in [2.24, 2.45) is 23.7 Å². The molecular weight excluding hydrogens is 795 g/mol. The monoisotopic (exact) mass is 852 g/mol. The standard InChI is InChI=1S/C46H58Cl2N2O9/c1-28(2)45(52)58-30(4)59-46(53)39-24-34(39)27-57-37-22-31(7-6-16-54-5)21-32(23-37)26-50(35-10-11-35)44(51)40-25-49-15-14-38(40)33-8-12-36(13-9-33)55-17-18-56-43-41(47)19-29(3)20-42(43)48/h8-9,12-13,19-23,28,30,34-35,38-40,49H,6-7,10-11,14-18,24-27H2,1-5H3/t30?,34-,38+,39+,40-/m0/s1. The van der Waals surface area contributed by atoms with Gasteiger partial charge in [0, 0.05) is 45.7 Å². The number of nitrogens with one attached hydrogen (secondary N) is 1. The number of carbonyl (C=O) groups is 3. The molecule has 59 heavy (non-hydrogen) atoms. The first-order valence-corrected chi connectivity index (χ1v) is 21.6. The Morgan fingerprint density at radius 3 is 2.24 bits per heavy atom. The molecule has 3 aromatic carbocycles. The van der Waals surface area contributed by atoms with Crippen LogP contribution in [0.15, 0.2) is 54.6 Å². The lowest BCUT2D eigenvalue weighted by Crippen LogP contribution is -2.47. The van der Waals surface area contributed by atoms with Crippen molar-refractivity contribution in [3.63, 3.8) is 0 Å². The number of halogens is 2. The number of amides is 1. The fraction of sp³-hybridized carbons (Fsp3) is 0.543. The second-order valence-corrected chi connectivity index (χ2v) is 17.1. The highest BCUT2D eigenvalue weighted by molar-refractivity contribution is 6.37. The number of methoxy groups -OCH3 is 1. The minimum Gasteiger partial charge on any atom is -0.493 e. The fourth-order valence-electron chi connectivity index (χ4n) is 7.61. The molecule has 0 bridgehead atoms. The molecule has 2 saturated carbocycles. The molecule has 3 aromatic rings. The zero-order valence-corrected chi connectivity index (χ0v) is 36.3. The molecule has 0 radical (unpaired) electrons. The van der Waals surface area contributed by atoms with Gasteiger partial charge in [-0.25, -0.2) is 0 Å². The number of carbonyl (C=O) groups excluding carboxylic acids is 3. The molecule has 1 aliphatic heterocycles. The number of rotatable bonds is 21. The van der Waals surface area contributed by atoms with Gasteiger partial charge in [0.05, 0.1) is 34.4 Å². The summed E-state index contributed by atoms with van der Waals surface area (Å²) in [6.45, 7) is 10.5. The van der Waals surface area contributed by atoms with E-state index in [9.17, 15) is 14.4 Å². The van der Waals surface area contributed by atoms with Crippen LogP contribution in [-0.4, -0.2) is 81.7 Å². The summed E-state index contributed by atoms with van der Waals surface area (Å²) in [4.78, 5) is 41.3. The Bertz CT molecular complexity index is 1880. The van der Waals surface area contributed by atoms with E-state index < -0.39 is 12.3 Å². The van der Waals surface area contributed by atoms with Crippen molar-refractivity contribution >= 4 is 41.0 Å². The molecule has 3 fully saturated rings. The van der Waals surface area contributed by atoms with E-state index in [4.69, 9.17) is 51.6 Å². The van der Waals surface area contributed by atoms with Crippen molar-refractivity contribution in [1.29, 1.82) is 0 Å². The Labute approximate surface area is 358 Å². The molecular formula is C46H58Cl2N2O9. The predicted octanol–water partition coefficient (Wildman–Crippen LogP) is 8.33. The van der Waals surface area contributed by atoms with Gasteiger partial charge in [-0.2, -0.15) is 0 Å². The number of aryl methyl sites for hydroxylation is 2. The van der Waals surface area contributed by atoms with E-state index in [1.165, 1.54) is 0 Å². The number of hydrogen-bond donors (Lipinski definition) is 1. The van der Waals surface area contributed by atoms with Crippen LogP contribution in [0.5, 0.6) is 17.2 Å². The van der Waals surface area contributed by atoms with E-state index in [0.29, 0.717) is 60.9 Å². The van der Waals surface area contributed by atoms with Gasteiger partial charge in [-0.05, 0) is 117 Å². The summed E-state index contributed by atoms with van der Waals surface area (Å²) in [5, 5.41) is 4.42. The third-order valence-corrected chi connectivity index (χ3v) is 11.6. The van der Waals surface area contributed by atoms with Crippen LogP contribution in [0.2, 0.25) is 10.0 Å². The van der Waals surface area contributed by atoms with E-state index in [1.54, 1.807) is 27.9 Å². The number of ether oxygens (including phenoxy) is 6. The Balaban J connectivity index is 1.07. The zero-order valence-electron chi connectivity index (χ0n) is 34.8. The molecule has 1 unspecified atom stereocenters. The van der Waals surface area contributed by atoms with Gasteiger partial charge < -0.3 is 38.6 Å². The lowest BCUT2D eigenvalue weighted by molar-refractivity contribution is -0.188. The lowest BCUT2D eigenvalue weighted by atomic mass is 9.80. The molecule has 13 heteroatoms. The van der Waals surface area contributed by atoms with E-state index >= 15 is 0 Å². The molecule has 5 atom stereocenters. The molecule has 0 spiro atoms. The summed E-state index contributed by atoms with van der Waals surface area (Å²) in [5.74, 6) is 0.508. The van der Waals surface area contributed by atoms with E-state index in [0.717, 1.165) is 66.7 Å². The highest BCUT2D eigenvalue weighted by atomic mass is 35.5. The zero-order chi connectivity index (χ0) is 42.1. The van der Waals surface area contributed by atoms with Crippen molar-refractivity contribution < 1.29 is 42.8 Å². The van der Waals surface area contributed by atoms with Crippen molar-refractivity contribution in [3.8, 4) is 17.2 Å². The molecule has 6 rings (SSSR count). The molecule has 1 heterocycles. The summed E-state index contributed by atoms with van der Waals surface area (Å²) < 4.78 is 34.0. The van der Waals surface area contributed by atoms with Gasteiger partial charge in [0.2, 0.25) is 12.2 Å². The Hall–Kier alpha value is -4.03. The predicted molar refractivity (Wildman–Crippen MR) is 226 cm³/mol. The SMILES string of the molecule is COCCCc1cc(CN(C(=O)[C@H]2CNCC[C@@H]2c2ccc(OCCOc3c(Cl)cc(C)cc3Cl)cc2)C2CC2)cc(OC[C@@H]2C[C@H]2C(=O)OC(C)OC(=O)C(C)C)c1. The van der Waals surface area contributed by atoms with Gasteiger partial charge in [-0.1, -0.05) is 55.2 Å². The number of esters is 2. The average Bonchev–Trinajstić information content (AvgIpc) is 4.15. The van der Waals surface area contributed by atoms with E-state index in [1.807, 2.05) is 43.3 Å². The van der Waals surface area contributed by atoms with Crippen LogP contribution in [0.1, 0.15) is 81.0 Å². The minimum atomic E-state index is -0.939. The van der Waals surface area contributed by atoms with Crippen molar-refractivity contribution in [2.75, 3.05) is 46.6 Å². The number of piperidine rings is 1. The Kier molecular flexibility index (Phi) is 15.8. The number of hydrogen-bond acceptors (Lipinski definition) is 10. The van der Waals surface area contributed by atoms with Crippen LogP contribution < -0.4 is 19.5 Å². The van der Waals surface area contributed by atoms with Crippen molar-refractivity contribution in [2.45, 2.75) is 91.0 Å². The second kappa shape index (κ2) is 21.0. The minimum absolute atomic E-state index is 0.00863. The van der Waals surface area contributed by atoms with Crippen LogP contribution in [0.4, 0.5) is 0 Å². The summed E-state index contributed by atoms with van der Waals surface area (Å²) in [6, 6.07) is 18.1. The van der Waals surface area contributed by atoms with Crippen molar-refractivity contribution in [3.05, 3.63) is 86.9 Å². The topological polar surface area (TPSA) is 122 Å². The van der Waals surface area contributed by atoms with Crippen LogP contribution in [0, 0.1) is 30.6 Å². The van der Waals surface area contributed by atoms with Crippen molar-refractivity contribution in [1.82, 2.24) is 10.2 Å². The highest BCUT2D eigenvalue weighted by Crippen LogP contribution is 2.41. The van der Waals surface area contributed by atoms with Gasteiger partial charge >= 0.3 is 11.9 Å². The van der Waals surface area contributed by atoms with Gasteiger partial charge in [0.25, 0.3) is 0 Å². The first kappa shape index (κ1) is 44.5. The third kappa shape index (κ3) is 12.7. The van der Waals surface area contributed by atoms with Crippen LogP contribution >= 0.6 is 23.2 Å². The third-order valence-electron chi connectivity index (χ3n) is 11.0. The molecule has 320 valence electrons.